The summed E-state index contributed by atoms with van der Waals surface area (Å²) in [6.45, 7) is 4.02. The molecule has 25 heavy (non-hydrogen) atoms. The Kier molecular flexibility index (Phi) is 4.44. The van der Waals surface area contributed by atoms with E-state index in [0.29, 0.717) is 23.8 Å². The molecule has 0 bridgehead atoms. The molecule has 4 nitrogen and oxygen atoms in total. The average molecular weight is 346 g/mol. The number of amides is 1. The predicted octanol–water partition coefficient (Wildman–Crippen LogP) is 3.06. The van der Waals surface area contributed by atoms with Gasteiger partial charge in [0.2, 0.25) is 5.91 Å². The zero-order valence-corrected chi connectivity index (χ0v) is 15.0. The van der Waals surface area contributed by atoms with Crippen LogP contribution in [0.3, 0.4) is 0 Å². The van der Waals surface area contributed by atoms with E-state index in [0.717, 1.165) is 51.4 Å². The second kappa shape index (κ2) is 6.60. The molecule has 1 spiro atoms. The number of benzene rings is 1. The molecule has 0 aromatic heterocycles. The van der Waals surface area contributed by atoms with Gasteiger partial charge in [-0.25, -0.2) is 4.39 Å². The first-order chi connectivity index (χ1) is 12.1. The summed E-state index contributed by atoms with van der Waals surface area (Å²) in [5.74, 6) is 1.56. The maximum Gasteiger partial charge on any atom is 0.230 e. The lowest BCUT2D eigenvalue weighted by atomic mass is 9.78. The Morgan fingerprint density at radius 3 is 2.88 bits per heavy atom. The summed E-state index contributed by atoms with van der Waals surface area (Å²) in [4.78, 5) is 17.4. The van der Waals surface area contributed by atoms with Gasteiger partial charge in [-0.3, -0.25) is 9.69 Å². The molecule has 3 fully saturated rings. The van der Waals surface area contributed by atoms with Crippen molar-refractivity contribution in [3.05, 3.63) is 29.6 Å². The van der Waals surface area contributed by atoms with Crippen molar-refractivity contribution in [1.29, 1.82) is 0 Å². The maximum atomic E-state index is 14.1. The highest BCUT2D eigenvalue weighted by Crippen LogP contribution is 2.42. The van der Waals surface area contributed by atoms with Crippen molar-refractivity contribution in [2.75, 3.05) is 33.3 Å². The largest absolute Gasteiger partial charge is 0.497 e. The third kappa shape index (κ3) is 3.39. The molecule has 1 amide bonds. The van der Waals surface area contributed by atoms with E-state index in [1.807, 2.05) is 0 Å². The molecule has 1 atom stereocenters. The van der Waals surface area contributed by atoms with Gasteiger partial charge in [-0.05, 0) is 62.8 Å². The lowest BCUT2D eigenvalue weighted by Crippen LogP contribution is -2.50. The first kappa shape index (κ1) is 16.8. The van der Waals surface area contributed by atoms with Gasteiger partial charge in [-0.15, -0.1) is 0 Å². The average Bonchev–Trinajstić information content (AvgIpc) is 3.34. The molecule has 3 aliphatic rings. The van der Waals surface area contributed by atoms with Crippen LogP contribution in [0.4, 0.5) is 4.39 Å². The molecule has 136 valence electrons. The normalized spacial score (nSPS) is 27.3. The van der Waals surface area contributed by atoms with Crippen LogP contribution in [0, 0.1) is 17.2 Å². The monoisotopic (exact) mass is 346 g/mol. The fraction of sp³-hybridized carbons (Fsp3) is 0.650. The Labute approximate surface area is 148 Å². The van der Waals surface area contributed by atoms with Gasteiger partial charge >= 0.3 is 0 Å². The van der Waals surface area contributed by atoms with Gasteiger partial charge in [0, 0.05) is 31.7 Å². The number of nitrogens with zero attached hydrogens (tertiary/aromatic N) is 2. The minimum Gasteiger partial charge on any atom is -0.497 e. The molecule has 0 unspecified atom stereocenters. The van der Waals surface area contributed by atoms with Crippen LogP contribution in [0.1, 0.15) is 37.7 Å². The van der Waals surface area contributed by atoms with Gasteiger partial charge in [-0.2, -0.15) is 0 Å². The van der Waals surface area contributed by atoms with Crippen LogP contribution in [-0.4, -0.2) is 49.0 Å². The minimum absolute atomic E-state index is 0.202. The van der Waals surface area contributed by atoms with Crippen LogP contribution in [0.2, 0.25) is 0 Å². The highest BCUT2D eigenvalue weighted by Gasteiger charge is 2.48. The molecule has 2 aliphatic heterocycles. The molecule has 1 aliphatic carbocycles. The lowest BCUT2D eigenvalue weighted by Gasteiger charge is -2.39. The van der Waals surface area contributed by atoms with E-state index in [2.05, 4.69) is 9.80 Å². The van der Waals surface area contributed by atoms with E-state index >= 15 is 0 Å². The van der Waals surface area contributed by atoms with Crippen molar-refractivity contribution >= 4 is 5.91 Å². The molecule has 1 aromatic rings. The number of hydrogen-bond acceptors (Lipinski definition) is 3. The molecule has 1 aromatic carbocycles. The molecule has 5 heteroatoms. The number of halogens is 1. The molecular weight excluding hydrogens is 319 g/mol. The van der Waals surface area contributed by atoms with Crippen molar-refractivity contribution in [3.8, 4) is 5.75 Å². The van der Waals surface area contributed by atoms with Gasteiger partial charge in [0.15, 0.2) is 0 Å². The topological polar surface area (TPSA) is 32.8 Å². The third-order valence-electron chi connectivity index (χ3n) is 6.08. The summed E-state index contributed by atoms with van der Waals surface area (Å²) in [6.07, 6.45) is 5.53. The standard InChI is InChI=1S/C20H27FN2O2/c1-25-17-5-6-18(21)16(11-17)13-22-10-8-20(14-22)7-2-9-23(19(20)24)12-15-3-4-15/h5-6,11,15H,2-4,7-10,12-14H2,1H3/t20-/m1/s1. The molecule has 2 saturated heterocycles. The number of carbonyl (C=O) groups excluding carboxylic acids is 1. The van der Waals surface area contributed by atoms with Crippen LogP contribution in [0.5, 0.6) is 5.75 Å². The Balaban J connectivity index is 1.44. The third-order valence-corrected chi connectivity index (χ3v) is 6.08. The van der Waals surface area contributed by atoms with Crippen molar-refractivity contribution in [2.24, 2.45) is 11.3 Å². The quantitative estimate of drug-likeness (QED) is 0.821. The summed E-state index contributed by atoms with van der Waals surface area (Å²) < 4.78 is 19.3. The number of hydrogen-bond donors (Lipinski definition) is 0. The van der Waals surface area contributed by atoms with Crippen LogP contribution in [0.15, 0.2) is 18.2 Å². The van der Waals surface area contributed by atoms with Gasteiger partial charge in [-0.1, -0.05) is 0 Å². The first-order valence-corrected chi connectivity index (χ1v) is 9.44. The Bertz CT molecular complexity index is 661. The van der Waals surface area contributed by atoms with Crippen LogP contribution in [0.25, 0.3) is 0 Å². The van der Waals surface area contributed by atoms with E-state index in [1.165, 1.54) is 18.9 Å². The first-order valence-electron chi connectivity index (χ1n) is 9.44. The van der Waals surface area contributed by atoms with E-state index in [4.69, 9.17) is 4.74 Å². The molecular formula is C20H27FN2O2. The summed E-state index contributed by atoms with van der Waals surface area (Å²) in [6, 6.07) is 4.87. The van der Waals surface area contributed by atoms with Crippen molar-refractivity contribution in [3.63, 3.8) is 0 Å². The van der Waals surface area contributed by atoms with E-state index in [1.54, 1.807) is 19.2 Å². The van der Waals surface area contributed by atoms with E-state index < -0.39 is 0 Å². The van der Waals surface area contributed by atoms with Gasteiger partial charge < -0.3 is 9.64 Å². The van der Waals surface area contributed by atoms with Gasteiger partial charge in [0.05, 0.1) is 12.5 Å². The minimum atomic E-state index is -0.234. The van der Waals surface area contributed by atoms with Crippen LogP contribution < -0.4 is 4.74 Å². The fourth-order valence-corrected chi connectivity index (χ4v) is 4.45. The maximum absolute atomic E-state index is 14.1. The number of carbonyl (C=O) groups is 1. The Morgan fingerprint density at radius 2 is 2.12 bits per heavy atom. The number of piperidine rings is 1. The van der Waals surface area contributed by atoms with E-state index in [9.17, 15) is 9.18 Å². The number of ether oxygens (including phenoxy) is 1. The van der Waals surface area contributed by atoms with Crippen LogP contribution in [-0.2, 0) is 11.3 Å². The molecule has 0 N–H and O–H groups in total. The second-order valence-electron chi connectivity index (χ2n) is 8.00. The summed E-state index contributed by atoms with van der Waals surface area (Å²) in [5.41, 5.74) is 0.414. The number of rotatable bonds is 5. The van der Waals surface area contributed by atoms with Gasteiger partial charge in [0.25, 0.3) is 0 Å². The highest BCUT2D eigenvalue weighted by molar-refractivity contribution is 5.84. The molecule has 4 rings (SSSR count). The predicted molar refractivity (Wildman–Crippen MR) is 93.8 cm³/mol. The second-order valence-corrected chi connectivity index (χ2v) is 8.00. The van der Waals surface area contributed by atoms with E-state index in [-0.39, 0.29) is 11.2 Å². The van der Waals surface area contributed by atoms with Crippen LogP contribution >= 0.6 is 0 Å². The van der Waals surface area contributed by atoms with Crippen molar-refractivity contribution < 1.29 is 13.9 Å². The zero-order chi connectivity index (χ0) is 17.4. The summed E-state index contributed by atoms with van der Waals surface area (Å²) in [5, 5.41) is 0. The fourth-order valence-electron chi connectivity index (χ4n) is 4.45. The molecule has 2 heterocycles. The summed E-state index contributed by atoms with van der Waals surface area (Å²) in [7, 11) is 1.59. The van der Waals surface area contributed by atoms with Crippen molar-refractivity contribution in [2.45, 2.75) is 38.6 Å². The van der Waals surface area contributed by atoms with Gasteiger partial charge in [0.1, 0.15) is 11.6 Å². The molecule has 1 saturated carbocycles. The zero-order valence-electron chi connectivity index (χ0n) is 15.0. The van der Waals surface area contributed by atoms with Crippen molar-refractivity contribution in [1.82, 2.24) is 9.80 Å². The Morgan fingerprint density at radius 1 is 1.28 bits per heavy atom. The smallest absolute Gasteiger partial charge is 0.230 e. The Hall–Kier alpha value is -1.62. The number of methoxy groups -OCH3 is 1. The highest BCUT2D eigenvalue weighted by atomic mass is 19.1. The molecule has 0 radical (unpaired) electrons. The summed E-state index contributed by atoms with van der Waals surface area (Å²) >= 11 is 0. The number of likely N-dealkylation sites (tertiary alicyclic amines) is 2. The SMILES string of the molecule is COc1ccc(F)c(CN2CC[C@]3(CCCN(CC4CC4)C3=O)C2)c1. The lowest BCUT2D eigenvalue weighted by molar-refractivity contribution is -0.145.